The first-order valence-electron chi connectivity index (χ1n) is 7.01. The van der Waals surface area contributed by atoms with Crippen molar-refractivity contribution in [1.29, 1.82) is 0 Å². The summed E-state index contributed by atoms with van der Waals surface area (Å²) in [6.07, 6.45) is 3.05. The van der Waals surface area contributed by atoms with Crippen molar-refractivity contribution in [2.45, 2.75) is 37.1 Å². The number of aromatic nitrogens is 2. The average molecular weight is 316 g/mol. The number of hydrogen-bond donors (Lipinski definition) is 3. The molecule has 2 rings (SSSR count). The molecule has 0 atom stereocenters. The summed E-state index contributed by atoms with van der Waals surface area (Å²) in [6, 6.07) is -0.123. The molecule has 0 spiro atoms. The lowest BCUT2D eigenvalue weighted by Crippen LogP contribution is -2.47. The molecule has 2 heterocycles. The van der Waals surface area contributed by atoms with E-state index in [0.29, 0.717) is 25.8 Å². The molecule has 1 saturated heterocycles. The number of piperidine rings is 1. The van der Waals surface area contributed by atoms with Crippen molar-refractivity contribution in [3.8, 4) is 0 Å². The third kappa shape index (κ3) is 3.42. The van der Waals surface area contributed by atoms with Crippen LogP contribution in [0.4, 0.5) is 0 Å². The van der Waals surface area contributed by atoms with Gasteiger partial charge in [0.05, 0.1) is 0 Å². The van der Waals surface area contributed by atoms with E-state index in [4.69, 9.17) is 0 Å². The maximum atomic E-state index is 12.7. The quantitative estimate of drug-likeness (QED) is 0.659. The molecule has 21 heavy (non-hydrogen) atoms. The van der Waals surface area contributed by atoms with E-state index >= 15 is 0 Å². The standard InChI is InChI=1S/C12H20N4O4S/c1-2-7-16(9-3-5-13-6-4-9)21(19,20)10-8-14-12(18)15-11(10)17/h8-9,13H,2-7H2,1H3,(H2,14,15,17,18). The van der Waals surface area contributed by atoms with Gasteiger partial charge in [-0.3, -0.25) is 9.78 Å². The summed E-state index contributed by atoms with van der Waals surface area (Å²) >= 11 is 0. The van der Waals surface area contributed by atoms with Gasteiger partial charge in [-0.25, -0.2) is 13.2 Å². The molecule has 1 aromatic rings. The van der Waals surface area contributed by atoms with Gasteiger partial charge >= 0.3 is 5.69 Å². The molecule has 1 fully saturated rings. The summed E-state index contributed by atoms with van der Waals surface area (Å²) in [4.78, 5) is 26.6. The fourth-order valence-electron chi connectivity index (χ4n) is 2.53. The summed E-state index contributed by atoms with van der Waals surface area (Å²) in [7, 11) is -3.92. The van der Waals surface area contributed by atoms with Crippen LogP contribution < -0.4 is 16.6 Å². The van der Waals surface area contributed by atoms with Crippen molar-refractivity contribution in [2.24, 2.45) is 0 Å². The van der Waals surface area contributed by atoms with Crippen LogP contribution in [-0.4, -0.2) is 48.4 Å². The van der Waals surface area contributed by atoms with Crippen LogP contribution in [-0.2, 0) is 10.0 Å². The number of H-pyrrole nitrogens is 2. The average Bonchev–Trinajstić information content (AvgIpc) is 2.45. The first-order valence-corrected chi connectivity index (χ1v) is 8.45. The fourth-order valence-corrected chi connectivity index (χ4v) is 4.30. The highest BCUT2D eigenvalue weighted by atomic mass is 32.2. The van der Waals surface area contributed by atoms with Crippen LogP contribution in [0.3, 0.4) is 0 Å². The largest absolute Gasteiger partial charge is 0.325 e. The lowest BCUT2D eigenvalue weighted by atomic mass is 10.1. The van der Waals surface area contributed by atoms with Crippen LogP contribution in [0.2, 0.25) is 0 Å². The number of sulfonamides is 1. The van der Waals surface area contributed by atoms with Gasteiger partial charge < -0.3 is 10.3 Å². The highest BCUT2D eigenvalue weighted by molar-refractivity contribution is 7.89. The Morgan fingerprint density at radius 1 is 1.29 bits per heavy atom. The Labute approximate surface area is 122 Å². The van der Waals surface area contributed by atoms with E-state index in [1.807, 2.05) is 11.9 Å². The summed E-state index contributed by atoms with van der Waals surface area (Å²) in [5.74, 6) is 0. The molecule has 118 valence electrons. The van der Waals surface area contributed by atoms with Gasteiger partial charge in [-0.2, -0.15) is 4.31 Å². The molecule has 0 bridgehead atoms. The normalized spacial score (nSPS) is 17.2. The van der Waals surface area contributed by atoms with E-state index in [0.717, 1.165) is 19.3 Å². The smallest absolute Gasteiger partial charge is 0.317 e. The van der Waals surface area contributed by atoms with E-state index in [9.17, 15) is 18.0 Å². The molecule has 1 aromatic heterocycles. The van der Waals surface area contributed by atoms with E-state index in [1.165, 1.54) is 4.31 Å². The molecular weight excluding hydrogens is 296 g/mol. The van der Waals surface area contributed by atoms with E-state index < -0.39 is 26.2 Å². The minimum atomic E-state index is -3.92. The lowest BCUT2D eigenvalue weighted by Gasteiger charge is -2.33. The second-order valence-electron chi connectivity index (χ2n) is 5.03. The van der Waals surface area contributed by atoms with Gasteiger partial charge in [0.25, 0.3) is 5.56 Å². The maximum absolute atomic E-state index is 12.7. The number of nitrogens with zero attached hydrogens (tertiary/aromatic N) is 1. The topological polar surface area (TPSA) is 115 Å². The highest BCUT2D eigenvalue weighted by Crippen LogP contribution is 2.20. The predicted octanol–water partition coefficient (Wildman–Crippen LogP) is -0.784. The Kier molecular flexibility index (Phi) is 4.96. The molecule has 0 aromatic carbocycles. The van der Waals surface area contributed by atoms with Crippen molar-refractivity contribution in [1.82, 2.24) is 19.6 Å². The first kappa shape index (κ1) is 15.9. The van der Waals surface area contributed by atoms with Crippen molar-refractivity contribution in [3.05, 3.63) is 27.0 Å². The van der Waals surface area contributed by atoms with E-state index in [1.54, 1.807) is 0 Å². The van der Waals surface area contributed by atoms with Gasteiger partial charge in [-0.05, 0) is 32.4 Å². The van der Waals surface area contributed by atoms with Gasteiger partial charge in [-0.1, -0.05) is 6.92 Å². The molecule has 0 saturated carbocycles. The third-order valence-electron chi connectivity index (χ3n) is 3.53. The summed E-state index contributed by atoms with van der Waals surface area (Å²) < 4.78 is 26.8. The highest BCUT2D eigenvalue weighted by Gasteiger charge is 2.33. The zero-order chi connectivity index (χ0) is 15.5. The second kappa shape index (κ2) is 6.54. The third-order valence-corrected chi connectivity index (χ3v) is 5.49. The van der Waals surface area contributed by atoms with Gasteiger partial charge in [0, 0.05) is 18.8 Å². The lowest BCUT2D eigenvalue weighted by molar-refractivity contribution is 0.262. The van der Waals surface area contributed by atoms with Crippen molar-refractivity contribution < 1.29 is 8.42 Å². The van der Waals surface area contributed by atoms with Crippen molar-refractivity contribution in [3.63, 3.8) is 0 Å². The Morgan fingerprint density at radius 3 is 2.52 bits per heavy atom. The molecule has 1 aliphatic rings. The summed E-state index contributed by atoms with van der Waals surface area (Å²) in [5.41, 5.74) is -1.60. The zero-order valence-electron chi connectivity index (χ0n) is 11.9. The van der Waals surface area contributed by atoms with Crippen LogP contribution in [0, 0.1) is 0 Å². The molecule has 1 aliphatic heterocycles. The Morgan fingerprint density at radius 2 is 1.95 bits per heavy atom. The molecule has 9 heteroatoms. The molecule has 0 unspecified atom stereocenters. The van der Waals surface area contributed by atoms with Crippen LogP contribution in [0.1, 0.15) is 26.2 Å². The van der Waals surface area contributed by atoms with Crippen LogP contribution in [0.25, 0.3) is 0 Å². The summed E-state index contributed by atoms with van der Waals surface area (Å²) in [6.45, 7) is 3.75. The first-order chi connectivity index (χ1) is 9.96. The van der Waals surface area contributed by atoms with Crippen molar-refractivity contribution in [2.75, 3.05) is 19.6 Å². The van der Waals surface area contributed by atoms with E-state index in [-0.39, 0.29) is 6.04 Å². The van der Waals surface area contributed by atoms with Gasteiger partial charge in [0.15, 0.2) is 4.90 Å². The van der Waals surface area contributed by atoms with Gasteiger partial charge in [0.2, 0.25) is 10.0 Å². The van der Waals surface area contributed by atoms with Gasteiger partial charge in [-0.15, -0.1) is 0 Å². The minimum absolute atomic E-state index is 0.123. The maximum Gasteiger partial charge on any atom is 0.325 e. The Balaban J connectivity index is 2.41. The SMILES string of the molecule is CCCN(C1CCNCC1)S(=O)(=O)c1c[nH]c(=O)[nH]c1=O. The number of nitrogens with one attached hydrogen (secondary N) is 3. The van der Waals surface area contributed by atoms with Crippen LogP contribution >= 0.6 is 0 Å². The molecule has 8 nitrogen and oxygen atoms in total. The molecule has 0 amide bonds. The molecular formula is C12H20N4O4S. The monoisotopic (exact) mass is 316 g/mol. The fraction of sp³-hybridized carbons (Fsp3) is 0.667. The number of aromatic amines is 2. The van der Waals surface area contributed by atoms with Gasteiger partial charge in [0.1, 0.15) is 0 Å². The molecule has 0 aliphatic carbocycles. The predicted molar refractivity (Wildman–Crippen MR) is 77.8 cm³/mol. The van der Waals surface area contributed by atoms with Crippen molar-refractivity contribution >= 4 is 10.0 Å². The van der Waals surface area contributed by atoms with E-state index in [2.05, 4.69) is 10.3 Å². The molecule has 0 radical (unpaired) electrons. The van der Waals surface area contributed by atoms with Crippen LogP contribution in [0.5, 0.6) is 0 Å². The zero-order valence-corrected chi connectivity index (χ0v) is 12.7. The Bertz CT molecular complexity index is 688. The van der Waals surface area contributed by atoms with Crippen LogP contribution in [0.15, 0.2) is 20.7 Å². The number of hydrogen-bond acceptors (Lipinski definition) is 5. The molecule has 3 N–H and O–H groups in total. The number of rotatable bonds is 5. The minimum Gasteiger partial charge on any atom is -0.317 e. The summed E-state index contributed by atoms with van der Waals surface area (Å²) in [5, 5.41) is 3.18. The second-order valence-corrected chi connectivity index (χ2v) is 6.89. The Hall–Kier alpha value is -1.45.